The third-order valence-electron chi connectivity index (χ3n) is 4.85. The summed E-state index contributed by atoms with van der Waals surface area (Å²) in [6.45, 7) is 2.03. The first-order valence-electron chi connectivity index (χ1n) is 9.92. The number of hydrogen-bond acceptors (Lipinski definition) is 6. The van der Waals surface area contributed by atoms with Crippen LogP contribution in [-0.4, -0.2) is 35.9 Å². The van der Waals surface area contributed by atoms with Gasteiger partial charge in [-0.15, -0.1) is 11.3 Å². The van der Waals surface area contributed by atoms with Gasteiger partial charge in [-0.3, -0.25) is 14.9 Å². The first-order valence-corrected chi connectivity index (χ1v) is 10.8. The maximum Gasteiger partial charge on any atom is 0.274 e. The highest BCUT2D eigenvalue weighted by Gasteiger charge is 2.14. The van der Waals surface area contributed by atoms with E-state index in [-0.39, 0.29) is 5.91 Å². The van der Waals surface area contributed by atoms with Crippen molar-refractivity contribution in [3.8, 4) is 0 Å². The van der Waals surface area contributed by atoms with Gasteiger partial charge in [-0.2, -0.15) is 4.39 Å². The lowest BCUT2D eigenvalue weighted by atomic mass is 10.2. The predicted molar refractivity (Wildman–Crippen MR) is 123 cm³/mol. The van der Waals surface area contributed by atoms with Crippen LogP contribution in [0.25, 0.3) is 12.2 Å². The lowest BCUT2D eigenvalue weighted by molar-refractivity contribution is -0.120. The zero-order chi connectivity index (χ0) is 23.4. The van der Waals surface area contributed by atoms with Crippen molar-refractivity contribution in [2.75, 3.05) is 5.32 Å². The van der Waals surface area contributed by atoms with Gasteiger partial charge in [0.05, 0.1) is 17.7 Å². The summed E-state index contributed by atoms with van der Waals surface area (Å²) in [4.78, 5) is 36.2. The van der Waals surface area contributed by atoms with E-state index in [4.69, 9.17) is 5.73 Å². The Morgan fingerprint density at radius 3 is 2.88 bits per heavy atom. The van der Waals surface area contributed by atoms with Crippen molar-refractivity contribution in [2.45, 2.75) is 19.5 Å². The molecule has 1 atom stereocenters. The third-order valence-corrected chi connectivity index (χ3v) is 5.63. The van der Waals surface area contributed by atoms with Crippen molar-refractivity contribution in [1.29, 1.82) is 0 Å². The standard InChI is InChI=1S/C22H20FN7O2S/c1-14(20(24)31)30-11-16(26-13-30)4-5-17-12-33-22(27-17)28-21(32)18-3-2-8-29(18)10-15-6-7-25-19(23)9-15/h2-9,11-14H,10H2,1H3,(H2,24,31)(H,27,28,32)/b5-4+. The van der Waals surface area contributed by atoms with E-state index in [2.05, 4.69) is 20.3 Å². The molecule has 4 rings (SSSR count). The maximum absolute atomic E-state index is 13.3. The van der Waals surface area contributed by atoms with Crippen LogP contribution >= 0.6 is 11.3 Å². The highest BCUT2D eigenvalue weighted by molar-refractivity contribution is 7.14. The number of carbonyl (C=O) groups excluding carboxylic acids is 2. The minimum atomic E-state index is -0.567. The molecule has 168 valence electrons. The number of pyridine rings is 1. The first-order chi connectivity index (χ1) is 15.9. The number of aromatic nitrogens is 5. The molecule has 4 aromatic heterocycles. The van der Waals surface area contributed by atoms with Crippen LogP contribution in [0.5, 0.6) is 0 Å². The Balaban J connectivity index is 1.40. The van der Waals surface area contributed by atoms with E-state index in [1.54, 1.807) is 64.2 Å². The van der Waals surface area contributed by atoms with Gasteiger partial charge in [0.15, 0.2) is 5.13 Å². The van der Waals surface area contributed by atoms with Gasteiger partial charge >= 0.3 is 0 Å². The molecule has 0 aliphatic carbocycles. The molecule has 4 heterocycles. The van der Waals surface area contributed by atoms with Crippen molar-refractivity contribution < 1.29 is 14.0 Å². The van der Waals surface area contributed by atoms with Crippen molar-refractivity contribution >= 4 is 40.4 Å². The summed E-state index contributed by atoms with van der Waals surface area (Å²) in [7, 11) is 0. The summed E-state index contributed by atoms with van der Waals surface area (Å²) >= 11 is 1.29. The fourth-order valence-corrected chi connectivity index (χ4v) is 3.72. The van der Waals surface area contributed by atoms with Gasteiger partial charge < -0.3 is 14.9 Å². The van der Waals surface area contributed by atoms with Gasteiger partial charge in [-0.25, -0.2) is 15.0 Å². The molecule has 9 nitrogen and oxygen atoms in total. The number of anilines is 1. The Hall–Kier alpha value is -4.12. The average molecular weight is 466 g/mol. The molecule has 2 amide bonds. The summed E-state index contributed by atoms with van der Waals surface area (Å²) < 4.78 is 16.7. The number of hydrogen-bond donors (Lipinski definition) is 2. The first kappa shape index (κ1) is 22.1. The monoisotopic (exact) mass is 465 g/mol. The molecule has 0 bridgehead atoms. The Kier molecular flexibility index (Phi) is 6.41. The second kappa shape index (κ2) is 9.57. The smallest absolute Gasteiger partial charge is 0.274 e. The number of rotatable bonds is 8. The summed E-state index contributed by atoms with van der Waals surface area (Å²) in [5.41, 5.74) is 7.72. The molecule has 0 aliphatic rings. The number of thiazole rings is 1. The van der Waals surface area contributed by atoms with Crippen molar-refractivity contribution in [3.05, 3.63) is 83.2 Å². The summed E-state index contributed by atoms with van der Waals surface area (Å²) in [6.07, 6.45) is 9.90. The lowest BCUT2D eigenvalue weighted by Gasteiger charge is -2.09. The Bertz CT molecular complexity index is 1320. The van der Waals surface area contributed by atoms with E-state index >= 15 is 0 Å². The van der Waals surface area contributed by atoms with Crippen LogP contribution in [0.2, 0.25) is 0 Å². The van der Waals surface area contributed by atoms with Gasteiger partial charge in [0.2, 0.25) is 11.9 Å². The molecule has 3 N–H and O–H groups in total. The van der Waals surface area contributed by atoms with Gasteiger partial charge in [-0.05, 0) is 48.9 Å². The van der Waals surface area contributed by atoms with Crippen molar-refractivity contribution in [2.24, 2.45) is 5.73 Å². The second-order valence-corrected chi connectivity index (χ2v) is 8.06. The van der Waals surface area contributed by atoms with Crippen LogP contribution in [0.3, 0.4) is 0 Å². The SMILES string of the molecule is CC(C(N)=O)n1cnc(/C=C/c2csc(NC(=O)c3cccn3Cc3ccnc(F)c3)n2)c1. The van der Waals surface area contributed by atoms with Crippen LogP contribution in [0.15, 0.2) is 54.6 Å². The third kappa shape index (κ3) is 5.39. The molecule has 33 heavy (non-hydrogen) atoms. The van der Waals surface area contributed by atoms with Crippen molar-refractivity contribution in [3.63, 3.8) is 0 Å². The molecule has 0 saturated heterocycles. The minimum absolute atomic E-state index is 0.321. The molecule has 0 saturated carbocycles. The molecule has 11 heteroatoms. The maximum atomic E-state index is 13.3. The fourth-order valence-electron chi connectivity index (χ4n) is 3.05. The highest BCUT2D eigenvalue weighted by Crippen LogP contribution is 2.19. The van der Waals surface area contributed by atoms with E-state index in [0.29, 0.717) is 34.3 Å². The molecule has 0 aromatic carbocycles. The normalized spacial score (nSPS) is 12.2. The molecule has 1 unspecified atom stereocenters. The molecule has 0 spiro atoms. The molecular weight excluding hydrogens is 445 g/mol. The Morgan fingerprint density at radius 2 is 2.09 bits per heavy atom. The number of nitrogens with two attached hydrogens (primary N) is 1. The molecular formula is C22H20FN7O2S. The number of carbonyl (C=O) groups is 2. The molecule has 0 fully saturated rings. The Morgan fingerprint density at radius 1 is 1.27 bits per heavy atom. The topological polar surface area (TPSA) is 121 Å². The highest BCUT2D eigenvalue weighted by atomic mass is 32.1. The van der Waals surface area contributed by atoms with Crippen LogP contribution in [0.1, 0.15) is 40.4 Å². The Labute approximate surface area is 192 Å². The summed E-state index contributed by atoms with van der Waals surface area (Å²) in [5, 5.41) is 5.03. The van der Waals surface area contributed by atoms with Gasteiger partial charge in [0.1, 0.15) is 11.7 Å². The number of nitrogens with one attached hydrogen (secondary N) is 1. The van der Waals surface area contributed by atoms with Gasteiger partial charge in [0, 0.05) is 30.5 Å². The largest absolute Gasteiger partial charge is 0.368 e. The molecule has 4 aromatic rings. The van der Waals surface area contributed by atoms with E-state index in [1.807, 2.05) is 0 Å². The van der Waals surface area contributed by atoms with Crippen LogP contribution < -0.4 is 11.1 Å². The number of imidazole rings is 1. The van der Waals surface area contributed by atoms with E-state index in [9.17, 15) is 14.0 Å². The predicted octanol–water partition coefficient (Wildman–Crippen LogP) is 3.19. The summed E-state index contributed by atoms with van der Waals surface area (Å²) in [6, 6.07) is 5.98. The van der Waals surface area contributed by atoms with E-state index < -0.39 is 17.9 Å². The van der Waals surface area contributed by atoms with Crippen molar-refractivity contribution in [1.82, 2.24) is 24.1 Å². The average Bonchev–Trinajstić information content (AvgIpc) is 3.53. The second-order valence-electron chi connectivity index (χ2n) is 7.20. The van der Waals surface area contributed by atoms with Gasteiger partial charge in [-0.1, -0.05) is 0 Å². The number of nitrogens with zero attached hydrogens (tertiary/aromatic N) is 5. The van der Waals surface area contributed by atoms with Crippen LogP contribution in [0, 0.1) is 5.95 Å². The fraction of sp³-hybridized carbons (Fsp3) is 0.136. The van der Waals surface area contributed by atoms with Crippen LogP contribution in [0.4, 0.5) is 9.52 Å². The molecule has 0 radical (unpaired) electrons. The van der Waals surface area contributed by atoms with Crippen LogP contribution in [-0.2, 0) is 11.3 Å². The summed E-state index contributed by atoms with van der Waals surface area (Å²) in [5.74, 6) is -1.33. The van der Waals surface area contributed by atoms with Gasteiger partial charge in [0.25, 0.3) is 5.91 Å². The number of halogens is 1. The zero-order valence-corrected chi connectivity index (χ0v) is 18.4. The number of amides is 2. The van der Waals surface area contributed by atoms with E-state index in [1.165, 1.54) is 29.9 Å². The minimum Gasteiger partial charge on any atom is -0.368 e. The molecule has 0 aliphatic heterocycles. The quantitative estimate of drug-likeness (QED) is 0.387. The van der Waals surface area contributed by atoms with E-state index in [0.717, 1.165) is 0 Å². The zero-order valence-electron chi connectivity index (χ0n) is 17.6. The lowest BCUT2D eigenvalue weighted by Crippen LogP contribution is -2.22. The number of primary amides is 1.